The fourth-order valence-electron chi connectivity index (χ4n) is 3.87. The summed E-state index contributed by atoms with van der Waals surface area (Å²) in [4.78, 5) is 18.2. The van der Waals surface area contributed by atoms with E-state index in [9.17, 15) is 13.2 Å². The van der Waals surface area contributed by atoms with Gasteiger partial charge in [-0.05, 0) is 73.2 Å². The first kappa shape index (κ1) is 27.0. The van der Waals surface area contributed by atoms with Crippen LogP contribution in [0.4, 0.5) is 0 Å². The van der Waals surface area contributed by atoms with E-state index in [0.717, 1.165) is 10.2 Å². The quantitative estimate of drug-likeness (QED) is 0.352. The predicted molar refractivity (Wildman–Crippen MR) is 144 cm³/mol. The number of rotatable bonds is 9. The van der Waals surface area contributed by atoms with Gasteiger partial charge < -0.3 is 4.57 Å². The second-order valence-electron chi connectivity index (χ2n) is 9.74. The summed E-state index contributed by atoms with van der Waals surface area (Å²) in [6, 6.07) is 10.3. The zero-order valence-electron chi connectivity index (χ0n) is 21.4. The lowest BCUT2D eigenvalue weighted by atomic mass is 10.1. The number of sulfonamides is 1. The normalized spacial score (nSPS) is 12.9. The number of hydrogen-bond acceptors (Lipinski definition) is 4. The van der Waals surface area contributed by atoms with Crippen molar-refractivity contribution in [2.24, 2.45) is 16.8 Å². The highest BCUT2D eigenvalue weighted by atomic mass is 32.2. The van der Waals surface area contributed by atoms with E-state index in [1.165, 1.54) is 38.9 Å². The molecule has 0 N–H and O–H groups in total. The van der Waals surface area contributed by atoms with Crippen LogP contribution in [0.2, 0.25) is 0 Å². The molecule has 1 aromatic heterocycles. The average Bonchev–Trinajstić information content (AvgIpc) is 3.09. The Kier molecular flexibility index (Phi) is 8.51. The third-order valence-corrected chi connectivity index (χ3v) is 8.57. The molecule has 35 heavy (non-hydrogen) atoms. The van der Waals surface area contributed by atoms with Crippen molar-refractivity contribution in [1.82, 2.24) is 8.87 Å². The Balaban J connectivity index is 1.97. The Morgan fingerprint density at radius 1 is 1.06 bits per heavy atom. The first-order chi connectivity index (χ1) is 16.4. The highest BCUT2D eigenvalue weighted by Crippen LogP contribution is 2.23. The van der Waals surface area contributed by atoms with Gasteiger partial charge in [-0.1, -0.05) is 45.1 Å². The Morgan fingerprint density at radius 2 is 1.63 bits per heavy atom. The predicted octanol–water partition coefficient (Wildman–Crippen LogP) is 5.55. The van der Waals surface area contributed by atoms with E-state index in [2.05, 4.69) is 37.6 Å². The molecule has 0 spiro atoms. The van der Waals surface area contributed by atoms with Gasteiger partial charge in [-0.3, -0.25) is 4.79 Å². The summed E-state index contributed by atoms with van der Waals surface area (Å²) < 4.78 is 31.1. The van der Waals surface area contributed by atoms with Gasteiger partial charge >= 0.3 is 0 Å². The first-order valence-electron chi connectivity index (χ1n) is 11.8. The van der Waals surface area contributed by atoms with Crippen LogP contribution >= 0.6 is 11.3 Å². The second-order valence-corrected chi connectivity index (χ2v) is 12.7. The SMILES string of the molecule is C=CCn1c(=NC(=O)c2ccc(S(=O)(=O)N(CC(C)C)CC(C)C)cc2)sc2cc(C)c(C)cc21. The van der Waals surface area contributed by atoms with Crippen molar-refractivity contribution >= 4 is 37.5 Å². The maximum Gasteiger partial charge on any atom is 0.279 e. The summed E-state index contributed by atoms with van der Waals surface area (Å²) in [6.45, 7) is 17.4. The standard InChI is InChI=1S/C27H35N3O3S2/c1-8-13-30-24-14-20(6)21(7)15-25(24)34-27(30)28-26(31)22-9-11-23(12-10-22)35(32,33)29(16-18(2)3)17-19(4)5/h8-12,14-15,18-19H,1,13,16-17H2,2-7H3. The van der Waals surface area contributed by atoms with Crippen molar-refractivity contribution < 1.29 is 13.2 Å². The molecule has 1 heterocycles. The van der Waals surface area contributed by atoms with E-state index in [1.807, 2.05) is 32.3 Å². The van der Waals surface area contributed by atoms with E-state index < -0.39 is 15.9 Å². The number of benzene rings is 2. The van der Waals surface area contributed by atoms with Crippen LogP contribution < -0.4 is 4.80 Å². The summed E-state index contributed by atoms with van der Waals surface area (Å²) in [6.07, 6.45) is 1.78. The molecule has 2 aromatic carbocycles. The molecule has 0 atom stereocenters. The van der Waals surface area contributed by atoms with Gasteiger partial charge in [0.05, 0.1) is 15.1 Å². The molecule has 3 rings (SSSR count). The maximum atomic E-state index is 13.3. The molecule has 0 aliphatic carbocycles. The number of thiazole rings is 1. The maximum absolute atomic E-state index is 13.3. The molecular formula is C27H35N3O3S2. The molecule has 6 nitrogen and oxygen atoms in total. The summed E-state index contributed by atoms with van der Waals surface area (Å²) in [7, 11) is -3.65. The molecule has 0 radical (unpaired) electrons. The van der Waals surface area contributed by atoms with Crippen LogP contribution in [0.1, 0.15) is 49.2 Å². The third-order valence-electron chi connectivity index (χ3n) is 5.68. The van der Waals surface area contributed by atoms with Gasteiger partial charge in [0.1, 0.15) is 0 Å². The number of amides is 1. The molecule has 0 saturated carbocycles. The van der Waals surface area contributed by atoms with Crippen LogP contribution in [0.15, 0.2) is 58.9 Å². The minimum atomic E-state index is -3.65. The minimum Gasteiger partial charge on any atom is -0.312 e. The molecule has 0 saturated heterocycles. The van der Waals surface area contributed by atoms with Crippen molar-refractivity contribution in [3.8, 4) is 0 Å². The molecule has 1 amide bonds. The van der Waals surface area contributed by atoms with Crippen molar-refractivity contribution in [2.45, 2.75) is 53.0 Å². The van der Waals surface area contributed by atoms with Gasteiger partial charge in [-0.15, -0.1) is 6.58 Å². The van der Waals surface area contributed by atoms with Crippen LogP contribution in [-0.4, -0.2) is 36.3 Å². The van der Waals surface area contributed by atoms with Crippen LogP contribution in [0.25, 0.3) is 10.2 Å². The van der Waals surface area contributed by atoms with E-state index in [1.54, 1.807) is 18.2 Å². The Morgan fingerprint density at radius 3 is 2.17 bits per heavy atom. The van der Waals surface area contributed by atoms with Crippen molar-refractivity contribution in [3.05, 3.63) is 70.5 Å². The Bertz CT molecular complexity index is 1390. The van der Waals surface area contributed by atoms with Crippen molar-refractivity contribution in [2.75, 3.05) is 13.1 Å². The summed E-state index contributed by atoms with van der Waals surface area (Å²) in [5, 5.41) is 0. The van der Waals surface area contributed by atoms with Gasteiger partial charge in [0.15, 0.2) is 4.80 Å². The number of allylic oxidation sites excluding steroid dienone is 1. The third kappa shape index (κ3) is 6.18. The molecular weight excluding hydrogens is 478 g/mol. The van der Waals surface area contributed by atoms with Gasteiger partial charge in [0.25, 0.3) is 5.91 Å². The van der Waals surface area contributed by atoms with Crippen LogP contribution in [0.5, 0.6) is 0 Å². The number of hydrogen-bond donors (Lipinski definition) is 0. The molecule has 0 bridgehead atoms. The largest absolute Gasteiger partial charge is 0.312 e. The van der Waals surface area contributed by atoms with E-state index >= 15 is 0 Å². The summed E-state index contributed by atoms with van der Waals surface area (Å²) >= 11 is 1.46. The van der Waals surface area contributed by atoms with Crippen molar-refractivity contribution in [3.63, 3.8) is 0 Å². The van der Waals surface area contributed by atoms with Gasteiger partial charge in [0.2, 0.25) is 10.0 Å². The Labute approximate surface area is 212 Å². The smallest absolute Gasteiger partial charge is 0.279 e. The number of nitrogens with zero attached hydrogens (tertiary/aromatic N) is 3. The van der Waals surface area contributed by atoms with Gasteiger partial charge in [0, 0.05) is 25.2 Å². The minimum absolute atomic E-state index is 0.185. The molecule has 3 aromatic rings. The average molecular weight is 514 g/mol. The molecule has 188 valence electrons. The van der Waals surface area contributed by atoms with Crippen LogP contribution in [-0.2, 0) is 16.6 Å². The van der Waals surface area contributed by atoms with Crippen LogP contribution in [0.3, 0.4) is 0 Å². The van der Waals surface area contributed by atoms with Crippen LogP contribution in [0, 0.1) is 25.7 Å². The number of aromatic nitrogens is 1. The van der Waals surface area contributed by atoms with Crippen molar-refractivity contribution in [1.29, 1.82) is 0 Å². The highest BCUT2D eigenvalue weighted by molar-refractivity contribution is 7.89. The number of fused-ring (bicyclic) bond motifs is 1. The highest BCUT2D eigenvalue weighted by Gasteiger charge is 2.26. The molecule has 0 fully saturated rings. The van der Waals surface area contributed by atoms with E-state index in [0.29, 0.717) is 30.0 Å². The topological polar surface area (TPSA) is 71.7 Å². The number of carbonyl (C=O) groups excluding carboxylic acids is 1. The Hall–Kier alpha value is -2.55. The molecule has 8 heteroatoms. The summed E-state index contributed by atoms with van der Waals surface area (Å²) in [5.74, 6) is 0.00613. The molecule has 0 aliphatic rings. The van der Waals surface area contributed by atoms with E-state index in [4.69, 9.17) is 0 Å². The first-order valence-corrected chi connectivity index (χ1v) is 14.1. The van der Waals surface area contributed by atoms with E-state index in [-0.39, 0.29) is 16.7 Å². The molecule has 0 unspecified atom stereocenters. The number of carbonyl (C=O) groups is 1. The second kappa shape index (κ2) is 11.0. The zero-order chi connectivity index (χ0) is 25.9. The fourth-order valence-corrected chi connectivity index (χ4v) is 6.75. The summed E-state index contributed by atoms with van der Waals surface area (Å²) in [5.41, 5.74) is 3.72. The molecule has 0 aliphatic heterocycles. The zero-order valence-corrected chi connectivity index (χ0v) is 23.0. The van der Waals surface area contributed by atoms with Gasteiger partial charge in [-0.2, -0.15) is 9.30 Å². The fraction of sp³-hybridized carbons (Fsp3) is 0.407. The van der Waals surface area contributed by atoms with Gasteiger partial charge in [-0.25, -0.2) is 8.42 Å². The lowest BCUT2D eigenvalue weighted by Gasteiger charge is -2.25. The lowest BCUT2D eigenvalue weighted by molar-refractivity contribution is 0.0997. The lowest BCUT2D eigenvalue weighted by Crippen LogP contribution is -2.37. The number of aryl methyl sites for hydroxylation is 2. The monoisotopic (exact) mass is 513 g/mol.